The maximum atomic E-state index is 8.87. The Morgan fingerprint density at radius 2 is 2.00 bits per heavy atom. The van der Waals surface area contributed by atoms with E-state index in [2.05, 4.69) is 12.2 Å². The number of nitrogens with zero attached hydrogens (tertiary/aromatic N) is 1. The Kier molecular flexibility index (Phi) is 5.08. The van der Waals surface area contributed by atoms with Gasteiger partial charge in [0.05, 0.1) is 16.7 Å². The molecule has 0 spiro atoms. The lowest BCUT2D eigenvalue weighted by Gasteiger charge is -2.14. The van der Waals surface area contributed by atoms with Crippen LogP contribution in [0.25, 0.3) is 0 Å². The van der Waals surface area contributed by atoms with Crippen LogP contribution in [0, 0.1) is 11.3 Å². The van der Waals surface area contributed by atoms with Gasteiger partial charge in [-0.1, -0.05) is 24.6 Å². The molecule has 1 N–H and O–H groups in total. The quantitative estimate of drug-likeness (QED) is 0.832. The molecule has 0 aromatic heterocycles. The first-order chi connectivity index (χ1) is 10.1. The molecule has 0 aliphatic carbocycles. The number of anilines is 2. The highest BCUT2D eigenvalue weighted by Crippen LogP contribution is 2.25. The molecule has 2 aromatic carbocycles. The number of benzene rings is 2. The Morgan fingerprint density at radius 3 is 2.67 bits per heavy atom. The van der Waals surface area contributed by atoms with E-state index in [-0.39, 0.29) is 6.10 Å². The lowest BCUT2D eigenvalue weighted by Crippen LogP contribution is -2.09. The summed E-state index contributed by atoms with van der Waals surface area (Å²) in [6, 6.07) is 15.1. The van der Waals surface area contributed by atoms with Crippen LogP contribution in [0.2, 0.25) is 5.02 Å². The summed E-state index contributed by atoms with van der Waals surface area (Å²) in [6.07, 6.45) is 1.15. The molecule has 2 aromatic rings. The lowest BCUT2D eigenvalue weighted by molar-refractivity contribution is 0.217. The highest BCUT2D eigenvalue weighted by atomic mass is 35.5. The third-order valence-electron chi connectivity index (χ3n) is 3.12. The maximum absolute atomic E-state index is 8.87. The predicted molar refractivity (Wildman–Crippen MR) is 86.3 cm³/mol. The van der Waals surface area contributed by atoms with Crippen LogP contribution >= 0.6 is 11.6 Å². The van der Waals surface area contributed by atoms with Gasteiger partial charge >= 0.3 is 0 Å². The monoisotopic (exact) mass is 300 g/mol. The zero-order chi connectivity index (χ0) is 15.2. The Bertz CT molecular complexity index is 664. The zero-order valence-corrected chi connectivity index (χ0v) is 12.8. The van der Waals surface area contributed by atoms with Crippen molar-refractivity contribution in [1.29, 1.82) is 5.26 Å². The molecule has 108 valence electrons. The van der Waals surface area contributed by atoms with Gasteiger partial charge in [0.25, 0.3) is 0 Å². The minimum absolute atomic E-state index is 0.185. The molecule has 4 heteroatoms. The van der Waals surface area contributed by atoms with Crippen molar-refractivity contribution in [2.45, 2.75) is 26.4 Å². The van der Waals surface area contributed by atoms with Crippen LogP contribution in [-0.4, -0.2) is 6.10 Å². The molecule has 0 aliphatic rings. The highest BCUT2D eigenvalue weighted by molar-refractivity contribution is 6.32. The van der Waals surface area contributed by atoms with E-state index in [4.69, 9.17) is 21.6 Å². The molecule has 0 saturated carbocycles. The number of nitriles is 1. The minimum Gasteiger partial charge on any atom is -0.491 e. The van der Waals surface area contributed by atoms with Gasteiger partial charge < -0.3 is 10.1 Å². The summed E-state index contributed by atoms with van der Waals surface area (Å²) in [5.41, 5.74) is 2.22. The van der Waals surface area contributed by atoms with Gasteiger partial charge in [0.2, 0.25) is 0 Å². The molecule has 0 radical (unpaired) electrons. The zero-order valence-electron chi connectivity index (χ0n) is 12.1. The van der Waals surface area contributed by atoms with Crippen LogP contribution in [0.1, 0.15) is 25.8 Å². The number of halogens is 1. The summed E-state index contributed by atoms with van der Waals surface area (Å²) >= 11 is 6.03. The Morgan fingerprint density at radius 1 is 1.24 bits per heavy atom. The summed E-state index contributed by atoms with van der Waals surface area (Å²) in [5, 5.41) is 12.6. The predicted octanol–water partition coefficient (Wildman–Crippen LogP) is 5.13. The topological polar surface area (TPSA) is 45.0 Å². The molecular formula is C17H17ClN2O. The molecule has 0 fully saturated rings. The number of hydrogen-bond donors (Lipinski definition) is 1. The lowest BCUT2D eigenvalue weighted by atomic mass is 10.2. The summed E-state index contributed by atoms with van der Waals surface area (Å²) < 4.78 is 5.79. The van der Waals surface area contributed by atoms with E-state index in [1.165, 1.54) is 0 Å². The number of ether oxygens (including phenoxy) is 1. The van der Waals surface area contributed by atoms with Gasteiger partial charge in [-0.05, 0) is 43.7 Å². The van der Waals surface area contributed by atoms with Gasteiger partial charge in [-0.25, -0.2) is 0 Å². The van der Waals surface area contributed by atoms with E-state index < -0.39 is 0 Å². The van der Waals surface area contributed by atoms with Gasteiger partial charge in [-0.3, -0.25) is 0 Å². The Hall–Kier alpha value is -2.18. The second-order valence-electron chi connectivity index (χ2n) is 4.80. The van der Waals surface area contributed by atoms with E-state index in [0.717, 1.165) is 23.5 Å². The van der Waals surface area contributed by atoms with Crippen LogP contribution in [-0.2, 0) is 0 Å². The minimum atomic E-state index is 0.185. The molecule has 1 atom stereocenters. The van der Waals surface area contributed by atoms with Crippen molar-refractivity contribution in [2.75, 3.05) is 5.32 Å². The standard InChI is InChI=1S/C17H17ClN2O/c1-3-12(2)21-16-6-4-5-14(9-16)20-15-8-7-13(11-19)17(18)10-15/h4-10,12,20H,3H2,1-2H3. The average Bonchev–Trinajstić information content (AvgIpc) is 2.47. The van der Waals surface area contributed by atoms with Crippen molar-refractivity contribution < 1.29 is 4.74 Å². The highest BCUT2D eigenvalue weighted by Gasteiger charge is 2.04. The molecule has 3 nitrogen and oxygen atoms in total. The van der Waals surface area contributed by atoms with Crippen molar-refractivity contribution in [3.63, 3.8) is 0 Å². The number of hydrogen-bond acceptors (Lipinski definition) is 3. The van der Waals surface area contributed by atoms with Crippen LogP contribution in [0.4, 0.5) is 11.4 Å². The molecule has 1 unspecified atom stereocenters. The third-order valence-corrected chi connectivity index (χ3v) is 3.44. The van der Waals surface area contributed by atoms with Crippen molar-refractivity contribution in [3.05, 3.63) is 53.1 Å². The van der Waals surface area contributed by atoms with Crippen LogP contribution in [0.15, 0.2) is 42.5 Å². The largest absolute Gasteiger partial charge is 0.491 e. The molecular weight excluding hydrogens is 284 g/mol. The van der Waals surface area contributed by atoms with Gasteiger partial charge in [0.1, 0.15) is 11.8 Å². The van der Waals surface area contributed by atoms with E-state index >= 15 is 0 Å². The van der Waals surface area contributed by atoms with Crippen molar-refractivity contribution in [1.82, 2.24) is 0 Å². The molecule has 0 saturated heterocycles. The number of rotatable bonds is 5. The smallest absolute Gasteiger partial charge is 0.121 e. The Balaban J connectivity index is 2.14. The SMILES string of the molecule is CCC(C)Oc1cccc(Nc2ccc(C#N)c(Cl)c2)c1. The van der Waals surface area contributed by atoms with Gasteiger partial charge in [0, 0.05) is 17.4 Å². The fourth-order valence-electron chi connectivity index (χ4n) is 1.81. The van der Waals surface area contributed by atoms with Gasteiger partial charge in [-0.15, -0.1) is 0 Å². The summed E-state index contributed by atoms with van der Waals surface area (Å²) in [6.45, 7) is 4.13. The molecule has 0 heterocycles. The van der Waals surface area contributed by atoms with Gasteiger partial charge in [-0.2, -0.15) is 5.26 Å². The third kappa shape index (κ3) is 4.14. The van der Waals surface area contributed by atoms with Crippen molar-refractivity contribution >= 4 is 23.0 Å². The van der Waals surface area contributed by atoms with Crippen LogP contribution in [0.5, 0.6) is 5.75 Å². The summed E-state index contributed by atoms with van der Waals surface area (Å²) in [7, 11) is 0. The molecule has 0 bridgehead atoms. The van der Waals surface area contributed by atoms with E-state index in [1.54, 1.807) is 12.1 Å². The normalized spacial score (nSPS) is 11.5. The first kappa shape index (κ1) is 15.2. The average molecular weight is 301 g/mol. The molecule has 0 amide bonds. The maximum Gasteiger partial charge on any atom is 0.121 e. The van der Waals surface area contributed by atoms with Crippen LogP contribution < -0.4 is 10.1 Å². The summed E-state index contributed by atoms with van der Waals surface area (Å²) in [5.74, 6) is 0.828. The fourth-order valence-corrected chi connectivity index (χ4v) is 2.04. The fraction of sp³-hybridized carbons (Fsp3) is 0.235. The molecule has 2 rings (SSSR count). The van der Waals surface area contributed by atoms with E-state index in [1.807, 2.05) is 43.3 Å². The Labute approximate surface area is 130 Å². The summed E-state index contributed by atoms with van der Waals surface area (Å²) in [4.78, 5) is 0. The number of nitrogens with one attached hydrogen (secondary N) is 1. The second-order valence-corrected chi connectivity index (χ2v) is 5.20. The first-order valence-electron chi connectivity index (χ1n) is 6.85. The van der Waals surface area contributed by atoms with Gasteiger partial charge in [0.15, 0.2) is 0 Å². The molecule has 0 aliphatic heterocycles. The first-order valence-corrected chi connectivity index (χ1v) is 7.23. The van der Waals surface area contributed by atoms with Crippen molar-refractivity contribution in [3.8, 4) is 11.8 Å². The van der Waals surface area contributed by atoms with E-state index in [0.29, 0.717) is 10.6 Å². The van der Waals surface area contributed by atoms with E-state index in [9.17, 15) is 0 Å². The van der Waals surface area contributed by atoms with Crippen LogP contribution in [0.3, 0.4) is 0 Å². The second kappa shape index (κ2) is 7.01. The molecule has 21 heavy (non-hydrogen) atoms. The van der Waals surface area contributed by atoms with Crippen molar-refractivity contribution in [2.24, 2.45) is 0 Å².